The molecule has 1 N–H and O–H groups in total. The predicted molar refractivity (Wildman–Crippen MR) is 87.8 cm³/mol. The zero-order valence-electron chi connectivity index (χ0n) is 11.9. The Morgan fingerprint density at radius 2 is 1.91 bits per heavy atom. The van der Waals surface area contributed by atoms with Crippen LogP contribution in [0.15, 0.2) is 66.1 Å². The molecule has 0 atom stereocenters. The third-order valence-electron chi connectivity index (χ3n) is 3.12. The van der Waals surface area contributed by atoms with Crippen LogP contribution in [0, 0.1) is 0 Å². The largest absolute Gasteiger partial charge is 0.280 e. The van der Waals surface area contributed by atoms with Crippen LogP contribution in [0.4, 0.5) is 5.69 Å². The van der Waals surface area contributed by atoms with Crippen LogP contribution in [0.1, 0.15) is 5.56 Å². The van der Waals surface area contributed by atoms with Gasteiger partial charge in [0.2, 0.25) is 0 Å². The highest BCUT2D eigenvalue weighted by Gasteiger charge is 2.14. The molecule has 1 aromatic heterocycles. The van der Waals surface area contributed by atoms with E-state index in [1.807, 2.05) is 12.1 Å². The maximum absolute atomic E-state index is 12.3. The molecule has 1 heterocycles. The number of benzene rings is 2. The molecular formula is C15H13ClN4O2S. The van der Waals surface area contributed by atoms with Gasteiger partial charge in [-0.1, -0.05) is 29.8 Å². The van der Waals surface area contributed by atoms with Gasteiger partial charge in [-0.05, 0) is 35.9 Å². The molecule has 0 saturated heterocycles. The quantitative estimate of drug-likeness (QED) is 0.769. The molecule has 0 radical (unpaired) electrons. The van der Waals surface area contributed by atoms with Gasteiger partial charge in [0.05, 0.1) is 11.4 Å². The van der Waals surface area contributed by atoms with Crippen molar-refractivity contribution in [2.75, 3.05) is 4.72 Å². The Bertz CT molecular complexity index is 893. The lowest BCUT2D eigenvalue weighted by atomic mass is 10.2. The molecular weight excluding hydrogens is 336 g/mol. The number of nitrogens with one attached hydrogen (secondary N) is 1. The Morgan fingerprint density at radius 3 is 2.57 bits per heavy atom. The zero-order valence-corrected chi connectivity index (χ0v) is 13.5. The van der Waals surface area contributed by atoms with Gasteiger partial charge in [0.25, 0.3) is 10.0 Å². The van der Waals surface area contributed by atoms with Gasteiger partial charge in [0, 0.05) is 10.7 Å². The summed E-state index contributed by atoms with van der Waals surface area (Å²) in [6.07, 6.45) is 3.09. The highest BCUT2D eigenvalue weighted by atomic mass is 35.5. The summed E-state index contributed by atoms with van der Waals surface area (Å²) in [5, 5.41) is 4.39. The second kappa shape index (κ2) is 6.39. The van der Waals surface area contributed by atoms with Crippen LogP contribution in [0.2, 0.25) is 5.02 Å². The van der Waals surface area contributed by atoms with E-state index in [0.29, 0.717) is 17.3 Å². The summed E-state index contributed by atoms with van der Waals surface area (Å²) < 4.78 is 28.8. The molecule has 0 aliphatic carbocycles. The number of nitrogens with zero attached hydrogens (tertiary/aromatic N) is 3. The molecule has 0 saturated carbocycles. The molecule has 0 spiro atoms. The van der Waals surface area contributed by atoms with Crippen LogP contribution >= 0.6 is 11.6 Å². The van der Waals surface area contributed by atoms with E-state index in [-0.39, 0.29) is 4.90 Å². The molecule has 23 heavy (non-hydrogen) atoms. The number of sulfonamides is 1. The lowest BCUT2D eigenvalue weighted by Crippen LogP contribution is -2.13. The van der Waals surface area contributed by atoms with E-state index >= 15 is 0 Å². The van der Waals surface area contributed by atoms with E-state index < -0.39 is 10.0 Å². The Balaban J connectivity index is 1.75. The summed E-state index contributed by atoms with van der Waals surface area (Å²) in [5.74, 6) is 0. The van der Waals surface area contributed by atoms with Crippen LogP contribution < -0.4 is 4.72 Å². The molecule has 0 amide bonds. The third kappa shape index (κ3) is 3.88. The first kappa shape index (κ1) is 15.5. The molecule has 0 bridgehead atoms. The van der Waals surface area contributed by atoms with Gasteiger partial charge in [-0.3, -0.25) is 4.72 Å². The molecule has 0 aliphatic rings. The summed E-state index contributed by atoms with van der Waals surface area (Å²) in [4.78, 5) is 4.00. The molecule has 118 valence electrons. The summed E-state index contributed by atoms with van der Waals surface area (Å²) >= 11 is 5.84. The summed E-state index contributed by atoms with van der Waals surface area (Å²) in [5.41, 5.74) is 1.47. The van der Waals surface area contributed by atoms with Crippen LogP contribution in [0.25, 0.3) is 0 Å². The van der Waals surface area contributed by atoms with Gasteiger partial charge in [-0.25, -0.2) is 18.1 Å². The lowest BCUT2D eigenvalue weighted by Gasteiger charge is -2.09. The van der Waals surface area contributed by atoms with Gasteiger partial charge >= 0.3 is 0 Å². The number of aromatic nitrogens is 3. The van der Waals surface area contributed by atoms with Crippen molar-refractivity contribution in [3.63, 3.8) is 0 Å². The molecule has 3 rings (SSSR count). The standard InChI is InChI=1S/C15H13ClN4O2S/c16-13-2-1-3-15(8-13)23(21,22)19-14-6-4-12(5-7-14)9-20-11-17-10-18-20/h1-8,10-11,19H,9H2. The summed E-state index contributed by atoms with van der Waals surface area (Å²) in [7, 11) is -3.66. The molecule has 0 unspecified atom stereocenters. The van der Waals surface area contributed by atoms with Crippen molar-refractivity contribution in [1.82, 2.24) is 14.8 Å². The molecule has 8 heteroatoms. The van der Waals surface area contributed by atoms with E-state index in [9.17, 15) is 8.42 Å². The fourth-order valence-electron chi connectivity index (χ4n) is 2.03. The highest BCUT2D eigenvalue weighted by molar-refractivity contribution is 7.92. The molecule has 6 nitrogen and oxygen atoms in total. The van der Waals surface area contributed by atoms with Crippen molar-refractivity contribution in [2.45, 2.75) is 11.4 Å². The molecule has 0 aliphatic heterocycles. The van der Waals surface area contributed by atoms with Crippen LogP contribution in [0.5, 0.6) is 0 Å². The van der Waals surface area contributed by atoms with E-state index in [4.69, 9.17) is 11.6 Å². The Hall–Kier alpha value is -2.38. The minimum Gasteiger partial charge on any atom is -0.280 e. The second-order valence-corrected chi connectivity index (χ2v) is 6.97. The monoisotopic (exact) mass is 348 g/mol. The molecule has 2 aromatic carbocycles. The van der Waals surface area contributed by atoms with Gasteiger partial charge in [0.15, 0.2) is 0 Å². The average Bonchev–Trinajstić information content (AvgIpc) is 3.02. The fourth-order valence-corrected chi connectivity index (χ4v) is 3.39. The van der Waals surface area contributed by atoms with Crippen molar-refractivity contribution in [3.05, 3.63) is 71.8 Å². The number of anilines is 1. The minimum absolute atomic E-state index is 0.122. The SMILES string of the molecule is O=S(=O)(Nc1ccc(Cn2cncn2)cc1)c1cccc(Cl)c1. The van der Waals surface area contributed by atoms with Crippen molar-refractivity contribution >= 4 is 27.3 Å². The maximum Gasteiger partial charge on any atom is 0.261 e. The fraction of sp³-hybridized carbons (Fsp3) is 0.0667. The number of halogens is 1. The van der Waals surface area contributed by atoms with E-state index in [1.165, 1.54) is 18.5 Å². The van der Waals surface area contributed by atoms with Gasteiger partial charge < -0.3 is 0 Å². The predicted octanol–water partition coefficient (Wildman–Crippen LogP) is 2.78. The van der Waals surface area contributed by atoms with Crippen molar-refractivity contribution in [1.29, 1.82) is 0 Å². The van der Waals surface area contributed by atoms with Crippen LogP contribution in [-0.2, 0) is 16.6 Å². The van der Waals surface area contributed by atoms with Crippen LogP contribution in [0.3, 0.4) is 0 Å². The number of rotatable bonds is 5. The lowest BCUT2D eigenvalue weighted by molar-refractivity contribution is 0.601. The first-order chi connectivity index (χ1) is 11.0. The minimum atomic E-state index is -3.66. The Labute approximate surface area is 138 Å². The second-order valence-electron chi connectivity index (χ2n) is 4.85. The first-order valence-corrected chi connectivity index (χ1v) is 8.59. The van der Waals surface area contributed by atoms with E-state index in [1.54, 1.807) is 35.3 Å². The third-order valence-corrected chi connectivity index (χ3v) is 4.74. The van der Waals surface area contributed by atoms with Gasteiger partial charge in [-0.15, -0.1) is 0 Å². The smallest absolute Gasteiger partial charge is 0.261 e. The van der Waals surface area contributed by atoms with Crippen molar-refractivity contribution < 1.29 is 8.42 Å². The highest BCUT2D eigenvalue weighted by Crippen LogP contribution is 2.19. The van der Waals surface area contributed by atoms with Crippen molar-refractivity contribution in [2.24, 2.45) is 0 Å². The normalized spacial score (nSPS) is 11.3. The zero-order chi connectivity index (χ0) is 16.3. The summed E-state index contributed by atoms with van der Waals surface area (Å²) in [6.45, 7) is 0.571. The summed E-state index contributed by atoms with van der Waals surface area (Å²) in [6, 6.07) is 13.2. The molecule has 3 aromatic rings. The topological polar surface area (TPSA) is 76.9 Å². The first-order valence-electron chi connectivity index (χ1n) is 6.73. The van der Waals surface area contributed by atoms with Crippen molar-refractivity contribution in [3.8, 4) is 0 Å². The Kier molecular flexibility index (Phi) is 4.31. The number of hydrogen-bond donors (Lipinski definition) is 1. The molecule has 0 fully saturated rings. The van der Waals surface area contributed by atoms with Crippen LogP contribution in [-0.4, -0.2) is 23.2 Å². The van der Waals surface area contributed by atoms with E-state index in [2.05, 4.69) is 14.8 Å². The average molecular weight is 349 g/mol. The Morgan fingerprint density at radius 1 is 1.13 bits per heavy atom. The maximum atomic E-state index is 12.3. The number of hydrogen-bond acceptors (Lipinski definition) is 4. The van der Waals surface area contributed by atoms with Gasteiger partial charge in [-0.2, -0.15) is 5.10 Å². The van der Waals surface area contributed by atoms with E-state index in [0.717, 1.165) is 5.56 Å². The van der Waals surface area contributed by atoms with Gasteiger partial charge in [0.1, 0.15) is 12.7 Å².